The van der Waals surface area contributed by atoms with Gasteiger partial charge in [-0.05, 0) is 30.0 Å². The van der Waals surface area contributed by atoms with Crippen molar-refractivity contribution in [3.8, 4) is 0 Å². The maximum atomic E-state index is 5.95. The minimum absolute atomic E-state index is 0.613. The minimum atomic E-state index is 0.613. The van der Waals surface area contributed by atoms with E-state index in [1.807, 2.05) is 25.1 Å². The van der Waals surface area contributed by atoms with Crippen LogP contribution in [-0.2, 0) is 6.42 Å². The number of nitrogen functional groups attached to an aromatic ring is 1. The van der Waals surface area contributed by atoms with E-state index >= 15 is 0 Å². The predicted molar refractivity (Wildman–Crippen MR) is 80.9 cm³/mol. The first-order valence-electron chi connectivity index (χ1n) is 5.96. The van der Waals surface area contributed by atoms with Crippen LogP contribution in [0.4, 0.5) is 0 Å². The number of hydrogen-bond acceptors (Lipinski definition) is 6. The lowest BCUT2D eigenvalue weighted by Crippen LogP contribution is -2.13. The molecule has 6 nitrogen and oxygen atoms in total. The van der Waals surface area contributed by atoms with Crippen LogP contribution in [0.1, 0.15) is 12.7 Å². The highest BCUT2D eigenvalue weighted by Crippen LogP contribution is 2.30. The Labute approximate surface area is 127 Å². The van der Waals surface area contributed by atoms with Crippen molar-refractivity contribution in [1.29, 1.82) is 0 Å². The van der Waals surface area contributed by atoms with E-state index in [0.717, 1.165) is 32.6 Å². The van der Waals surface area contributed by atoms with E-state index in [2.05, 4.69) is 36.1 Å². The fourth-order valence-corrected chi connectivity index (χ4v) is 2.98. The molecular weight excluding hydrogens is 340 g/mol. The van der Waals surface area contributed by atoms with E-state index in [9.17, 15) is 0 Å². The summed E-state index contributed by atoms with van der Waals surface area (Å²) in [5.41, 5.74) is 0.879. The van der Waals surface area contributed by atoms with Gasteiger partial charge in [-0.2, -0.15) is 0 Å². The van der Waals surface area contributed by atoms with Gasteiger partial charge in [0.2, 0.25) is 5.16 Å². The third kappa shape index (κ3) is 2.36. The first-order chi connectivity index (χ1) is 9.69. The normalized spacial score (nSPS) is 11.1. The molecule has 3 aromatic rings. The van der Waals surface area contributed by atoms with Crippen molar-refractivity contribution < 1.29 is 0 Å². The van der Waals surface area contributed by atoms with Gasteiger partial charge < -0.3 is 5.84 Å². The van der Waals surface area contributed by atoms with Crippen LogP contribution in [0.15, 0.2) is 39.2 Å². The summed E-state index contributed by atoms with van der Waals surface area (Å²) in [5.74, 6) is 6.70. The number of aromatic nitrogens is 5. The van der Waals surface area contributed by atoms with Gasteiger partial charge in [0.1, 0.15) is 11.4 Å². The molecule has 2 N–H and O–H groups in total. The number of rotatable bonds is 3. The zero-order valence-corrected chi connectivity index (χ0v) is 13.0. The number of nitrogens with two attached hydrogens (primary N) is 1. The Morgan fingerprint density at radius 3 is 2.90 bits per heavy atom. The fraction of sp³-hybridized carbons (Fsp3) is 0.167. The maximum absolute atomic E-state index is 5.95. The standard InChI is InChI=1S/C12H11BrN6S/c1-2-10-17-18-12(19(10)14)20-11-8-5-7(13)3-4-9(8)15-6-16-11/h3-6H,2,14H2,1H3. The van der Waals surface area contributed by atoms with Gasteiger partial charge in [-0.1, -0.05) is 22.9 Å². The zero-order valence-electron chi connectivity index (χ0n) is 10.6. The van der Waals surface area contributed by atoms with Crippen LogP contribution >= 0.6 is 27.7 Å². The molecule has 0 bridgehead atoms. The van der Waals surface area contributed by atoms with Crippen molar-refractivity contribution in [2.24, 2.45) is 0 Å². The molecule has 0 unspecified atom stereocenters. The molecule has 0 spiro atoms. The van der Waals surface area contributed by atoms with Crippen LogP contribution in [0.2, 0.25) is 0 Å². The number of halogens is 1. The minimum Gasteiger partial charge on any atom is -0.336 e. The number of nitrogens with zero attached hydrogens (tertiary/aromatic N) is 5. The van der Waals surface area contributed by atoms with E-state index in [1.54, 1.807) is 0 Å². The largest absolute Gasteiger partial charge is 0.336 e. The molecule has 8 heteroatoms. The molecule has 1 aromatic carbocycles. The van der Waals surface area contributed by atoms with Crippen molar-refractivity contribution in [3.63, 3.8) is 0 Å². The van der Waals surface area contributed by atoms with Crippen molar-refractivity contribution in [2.75, 3.05) is 5.84 Å². The maximum Gasteiger partial charge on any atom is 0.216 e. The van der Waals surface area contributed by atoms with E-state index in [-0.39, 0.29) is 0 Å². The molecule has 2 heterocycles. The van der Waals surface area contributed by atoms with Crippen LogP contribution < -0.4 is 5.84 Å². The lowest BCUT2D eigenvalue weighted by atomic mass is 10.2. The molecule has 3 rings (SSSR count). The average molecular weight is 351 g/mol. The number of benzene rings is 1. The first kappa shape index (κ1) is 13.3. The van der Waals surface area contributed by atoms with Gasteiger partial charge in [0, 0.05) is 16.3 Å². The molecule has 0 atom stereocenters. The monoisotopic (exact) mass is 350 g/mol. The Bertz CT molecular complexity index is 772. The van der Waals surface area contributed by atoms with Crippen molar-refractivity contribution >= 4 is 38.6 Å². The molecule has 0 saturated carbocycles. The number of fused-ring (bicyclic) bond motifs is 1. The van der Waals surface area contributed by atoms with Crippen LogP contribution in [0, 0.1) is 0 Å². The second kappa shape index (κ2) is 5.37. The first-order valence-corrected chi connectivity index (χ1v) is 7.57. The molecule has 0 radical (unpaired) electrons. The highest BCUT2D eigenvalue weighted by atomic mass is 79.9. The van der Waals surface area contributed by atoms with E-state index in [0.29, 0.717) is 5.16 Å². The third-order valence-corrected chi connectivity index (χ3v) is 4.27. The van der Waals surface area contributed by atoms with Crippen LogP contribution in [-0.4, -0.2) is 24.8 Å². The molecule has 0 saturated heterocycles. The van der Waals surface area contributed by atoms with Gasteiger partial charge in [-0.25, -0.2) is 14.6 Å². The zero-order chi connectivity index (χ0) is 14.1. The molecule has 0 aliphatic heterocycles. The molecule has 0 fully saturated rings. The Morgan fingerprint density at radius 2 is 2.15 bits per heavy atom. The smallest absolute Gasteiger partial charge is 0.216 e. The van der Waals surface area contributed by atoms with E-state index < -0.39 is 0 Å². The fourth-order valence-electron chi connectivity index (χ4n) is 1.79. The topological polar surface area (TPSA) is 82.5 Å². The Kier molecular flexibility index (Phi) is 3.58. The number of hydrogen-bond donors (Lipinski definition) is 1. The van der Waals surface area contributed by atoms with Crippen molar-refractivity contribution in [1.82, 2.24) is 24.8 Å². The summed E-state index contributed by atoms with van der Waals surface area (Å²) in [6.45, 7) is 1.99. The highest BCUT2D eigenvalue weighted by Gasteiger charge is 2.13. The van der Waals surface area contributed by atoms with Crippen molar-refractivity contribution in [2.45, 2.75) is 23.5 Å². The molecule has 0 aliphatic rings. The SMILES string of the molecule is CCc1nnc(Sc2ncnc3ccc(Br)cc23)n1N. The molecule has 20 heavy (non-hydrogen) atoms. The highest BCUT2D eigenvalue weighted by molar-refractivity contribution is 9.10. The Morgan fingerprint density at radius 1 is 1.30 bits per heavy atom. The van der Waals surface area contributed by atoms with Crippen LogP contribution in [0.3, 0.4) is 0 Å². The van der Waals surface area contributed by atoms with Crippen LogP contribution in [0.25, 0.3) is 10.9 Å². The second-order valence-electron chi connectivity index (χ2n) is 4.06. The summed E-state index contributed by atoms with van der Waals surface area (Å²) in [4.78, 5) is 8.56. The van der Waals surface area contributed by atoms with Crippen LogP contribution in [0.5, 0.6) is 0 Å². The lowest BCUT2D eigenvalue weighted by Gasteiger charge is -2.05. The molecule has 102 valence electrons. The Hall–Kier alpha value is -1.67. The lowest BCUT2D eigenvalue weighted by molar-refractivity contribution is 0.795. The second-order valence-corrected chi connectivity index (χ2v) is 5.94. The Balaban J connectivity index is 2.06. The van der Waals surface area contributed by atoms with Gasteiger partial charge in [-0.15, -0.1) is 10.2 Å². The van der Waals surface area contributed by atoms with Gasteiger partial charge in [0.25, 0.3) is 0 Å². The van der Waals surface area contributed by atoms with E-state index in [4.69, 9.17) is 5.84 Å². The molecule has 0 aliphatic carbocycles. The molecule has 2 aromatic heterocycles. The summed E-state index contributed by atoms with van der Waals surface area (Å²) in [7, 11) is 0. The molecule has 0 amide bonds. The summed E-state index contributed by atoms with van der Waals surface area (Å²) in [6.07, 6.45) is 2.27. The van der Waals surface area contributed by atoms with Gasteiger partial charge in [0.15, 0.2) is 5.82 Å². The summed E-state index contributed by atoms with van der Waals surface area (Å²) in [5, 5.41) is 10.5. The van der Waals surface area contributed by atoms with E-state index in [1.165, 1.54) is 22.8 Å². The summed E-state index contributed by atoms with van der Waals surface area (Å²) in [6, 6.07) is 5.87. The van der Waals surface area contributed by atoms with Gasteiger partial charge >= 0.3 is 0 Å². The van der Waals surface area contributed by atoms with Gasteiger partial charge in [-0.3, -0.25) is 0 Å². The summed E-state index contributed by atoms with van der Waals surface area (Å²) >= 11 is 4.84. The number of aryl methyl sites for hydroxylation is 1. The quantitative estimate of drug-likeness (QED) is 0.576. The van der Waals surface area contributed by atoms with Gasteiger partial charge in [0.05, 0.1) is 5.52 Å². The predicted octanol–water partition coefficient (Wildman–Crippen LogP) is 2.41. The third-order valence-electron chi connectivity index (χ3n) is 2.80. The van der Waals surface area contributed by atoms with Crippen molar-refractivity contribution in [3.05, 3.63) is 34.8 Å². The average Bonchev–Trinajstić information content (AvgIpc) is 2.80. The molecular formula is C12H11BrN6S. The summed E-state index contributed by atoms with van der Waals surface area (Å²) < 4.78 is 2.47.